The first kappa shape index (κ1) is 44.9. The maximum absolute atomic E-state index is 2.38. The highest BCUT2D eigenvalue weighted by Crippen LogP contribution is 2.28. The smallest absolute Gasteiger partial charge is 0.0140 e. The molecule has 0 saturated carbocycles. The van der Waals surface area contributed by atoms with Crippen LogP contribution in [-0.2, 0) is 0 Å². The van der Waals surface area contributed by atoms with Crippen molar-refractivity contribution in [1.82, 2.24) is 0 Å². The Labute approximate surface area is 268 Å². The zero-order chi connectivity index (χ0) is 33.7. The van der Waals surface area contributed by atoms with E-state index >= 15 is 0 Å². The molecule has 246 valence electrons. The summed E-state index contributed by atoms with van der Waals surface area (Å²) >= 11 is 0. The molecule has 0 bridgehead atoms. The minimum Gasteiger partial charge on any atom is -0.0883 e. The van der Waals surface area contributed by atoms with Gasteiger partial charge >= 0.3 is 0 Å². The third-order valence-corrected chi connectivity index (χ3v) is 6.20. The molecule has 0 atom stereocenters. The summed E-state index contributed by atoms with van der Waals surface area (Å²) < 4.78 is 0. The molecule has 0 aliphatic heterocycles. The Morgan fingerprint density at radius 1 is 0.286 bits per heavy atom. The van der Waals surface area contributed by atoms with Gasteiger partial charge in [-0.25, -0.2) is 0 Å². The molecule has 0 heterocycles. The predicted octanol–water partition coefficient (Wildman–Crippen LogP) is 14.9. The van der Waals surface area contributed by atoms with Crippen LogP contribution in [0.3, 0.4) is 0 Å². The zero-order valence-electron chi connectivity index (χ0n) is 32.2. The highest BCUT2D eigenvalue weighted by Gasteiger charge is 2.15. The van der Waals surface area contributed by atoms with E-state index in [0.29, 0.717) is 16.2 Å². The van der Waals surface area contributed by atoms with E-state index < -0.39 is 0 Å². The highest BCUT2D eigenvalue weighted by atomic mass is 14.2. The largest absolute Gasteiger partial charge is 0.0883 e. The molecule has 0 amide bonds. The predicted molar refractivity (Wildman–Crippen MR) is 199 cm³/mol. The fourth-order valence-corrected chi connectivity index (χ4v) is 3.66. The van der Waals surface area contributed by atoms with Gasteiger partial charge in [-0.05, 0) is 71.0 Å². The summed E-state index contributed by atoms with van der Waals surface area (Å²) in [6.45, 7) is 40.4. The molecule has 0 aromatic rings. The summed E-state index contributed by atoms with van der Waals surface area (Å²) in [5.41, 5.74) is 1.78. The van der Waals surface area contributed by atoms with Gasteiger partial charge in [-0.1, -0.05) is 198 Å². The van der Waals surface area contributed by atoms with Crippen molar-refractivity contribution < 1.29 is 0 Å². The summed E-state index contributed by atoms with van der Waals surface area (Å²) in [5, 5.41) is 0. The van der Waals surface area contributed by atoms with Gasteiger partial charge in [-0.3, -0.25) is 0 Å². The molecule has 0 aromatic carbocycles. The molecule has 0 heteroatoms. The fraction of sp³-hybridized carbons (Fsp3) is 0.714. The average Bonchev–Trinajstić information content (AvgIpc) is 2.78. The first-order valence-electron chi connectivity index (χ1n) is 16.9. The van der Waals surface area contributed by atoms with Crippen molar-refractivity contribution in [3.63, 3.8) is 0 Å². The van der Waals surface area contributed by atoms with Crippen LogP contribution in [-0.4, -0.2) is 0 Å². The van der Waals surface area contributed by atoms with Crippen LogP contribution in [0.15, 0.2) is 72.9 Å². The van der Waals surface area contributed by atoms with Crippen molar-refractivity contribution >= 4 is 0 Å². The van der Waals surface area contributed by atoms with Crippen LogP contribution in [0.2, 0.25) is 0 Å². The molecule has 0 saturated heterocycles. The Balaban J connectivity index is -0.000000598. The summed E-state index contributed by atoms with van der Waals surface area (Å²) in [4.78, 5) is 0. The monoisotopic (exact) mass is 583 g/mol. The molecule has 0 N–H and O–H groups in total. The van der Waals surface area contributed by atoms with E-state index in [1.165, 1.54) is 0 Å². The minimum absolute atomic E-state index is 0.242. The van der Waals surface area contributed by atoms with Crippen LogP contribution >= 0.6 is 0 Å². The highest BCUT2D eigenvalue weighted by molar-refractivity contribution is 5.05. The first-order valence-corrected chi connectivity index (χ1v) is 16.9. The maximum Gasteiger partial charge on any atom is -0.0140 e. The molecule has 0 radical (unpaired) electrons. The fourth-order valence-electron chi connectivity index (χ4n) is 3.66. The molecular formula is C42H78. The van der Waals surface area contributed by atoms with Gasteiger partial charge in [0.25, 0.3) is 0 Å². The van der Waals surface area contributed by atoms with Gasteiger partial charge < -0.3 is 0 Å². The first-order chi connectivity index (χ1) is 18.8. The normalized spacial score (nSPS) is 14.4. The Morgan fingerprint density at radius 3 is 0.690 bits per heavy atom. The molecule has 0 fully saturated rings. The second-order valence-electron chi connectivity index (χ2n) is 17.3. The van der Waals surface area contributed by atoms with E-state index in [1.54, 1.807) is 0 Å². The van der Waals surface area contributed by atoms with Crippen LogP contribution < -0.4 is 0 Å². The van der Waals surface area contributed by atoms with Crippen molar-refractivity contribution in [3.8, 4) is 0 Å². The maximum atomic E-state index is 2.38. The summed E-state index contributed by atoms with van der Waals surface area (Å²) in [5.74, 6) is 0. The van der Waals surface area contributed by atoms with Gasteiger partial charge in [-0.2, -0.15) is 0 Å². The molecule has 0 spiro atoms. The molecule has 0 rings (SSSR count). The van der Waals surface area contributed by atoms with Gasteiger partial charge in [0.05, 0.1) is 0 Å². The summed E-state index contributed by atoms with van der Waals surface area (Å²) in [6.07, 6.45) is 34.3. The van der Waals surface area contributed by atoms with Crippen molar-refractivity contribution in [2.75, 3.05) is 0 Å². The number of hydrogen-bond donors (Lipinski definition) is 0. The third-order valence-electron chi connectivity index (χ3n) is 6.20. The second kappa shape index (κ2) is 21.2. The van der Waals surface area contributed by atoms with Gasteiger partial charge in [0, 0.05) is 0 Å². The van der Waals surface area contributed by atoms with Crippen molar-refractivity contribution in [3.05, 3.63) is 72.9 Å². The third kappa shape index (κ3) is 38.4. The lowest BCUT2D eigenvalue weighted by Gasteiger charge is -2.22. The Kier molecular flexibility index (Phi) is 22.6. The molecule has 0 aromatic heterocycles. The molecule has 0 unspecified atom stereocenters. The number of rotatable bonds is 12. The van der Waals surface area contributed by atoms with E-state index in [0.717, 1.165) is 38.5 Å². The van der Waals surface area contributed by atoms with Crippen molar-refractivity contribution in [1.29, 1.82) is 0 Å². The summed E-state index contributed by atoms with van der Waals surface area (Å²) in [6, 6.07) is 0. The Hall–Kier alpha value is -1.56. The molecule has 42 heavy (non-hydrogen) atoms. The van der Waals surface area contributed by atoms with Crippen LogP contribution in [0.25, 0.3) is 0 Å². The second-order valence-corrected chi connectivity index (χ2v) is 17.3. The number of hydrogen-bond acceptors (Lipinski definition) is 0. The van der Waals surface area contributed by atoms with Crippen LogP contribution in [0.5, 0.6) is 0 Å². The lowest BCUT2D eigenvalue weighted by Crippen LogP contribution is -2.09. The van der Waals surface area contributed by atoms with E-state index in [9.17, 15) is 0 Å². The molecule has 0 aliphatic rings. The van der Waals surface area contributed by atoms with E-state index in [2.05, 4.69) is 198 Å². The Bertz CT molecular complexity index is 824. The number of allylic oxidation sites excluding steroid dienone is 12. The zero-order valence-corrected chi connectivity index (χ0v) is 32.2. The van der Waals surface area contributed by atoms with Gasteiger partial charge in [-0.15, -0.1) is 0 Å². The lowest BCUT2D eigenvalue weighted by molar-refractivity contribution is 0.461. The van der Waals surface area contributed by atoms with E-state index in [1.807, 2.05) is 0 Å². The molecule has 0 nitrogen and oxygen atoms in total. The standard InChI is InChI=1S/C20H36.C14H26.C8H16/c1-9-10-14-19(5,6)16-12-17-20(7,8)15-11-13-18(2,3)4;1-7-8-11-14(5,6)12-9-10-13(2,3)4;1-5-6-7-8(2,3)4/h10-14,17H,9,15-16H2,1-8H3;8-11H,7,12H2,1-6H3;6-7H,5H2,1-4H3. The van der Waals surface area contributed by atoms with Crippen molar-refractivity contribution in [2.45, 2.75) is 163 Å². The summed E-state index contributed by atoms with van der Waals surface area (Å²) in [7, 11) is 0. The average molecular weight is 583 g/mol. The Morgan fingerprint density at radius 2 is 0.476 bits per heavy atom. The topological polar surface area (TPSA) is 0 Å². The van der Waals surface area contributed by atoms with Gasteiger partial charge in [0.2, 0.25) is 0 Å². The lowest BCUT2D eigenvalue weighted by atomic mass is 9.84. The van der Waals surface area contributed by atoms with Crippen molar-refractivity contribution in [2.24, 2.45) is 32.5 Å². The van der Waals surface area contributed by atoms with E-state index in [-0.39, 0.29) is 16.2 Å². The molecular weight excluding hydrogens is 504 g/mol. The van der Waals surface area contributed by atoms with Crippen LogP contribution in [0, 0.1) is 32.5 Å². The molecule has 0 aliphatic carbocycles. The van der Waals surface area contributed by atoms with Crippen LogP contribution in [0.4, 0.5) is 0 Å². The van der Waals surface area contributed by atoms with Gasteiger partial charge in [0.1, 0.15) is 0 Å². The van der Waals surface area contributed by atoms with Crippen LogP contribution in [0.1, 0.15) is 163 Å². The van der Waals surface area contributed by atoms with E-state index in [4.69, 9.17) is 0 Å². The van der Waals surface area contributed by atoms with Gasteiger partial charge in [0.15, 0.2) is 0 Å². The quantitative estimate of drug-likeness (QED) is 0.201. The minimum atomic E-state index is 0.242. The SMILES string of the molecule is CCC=CC(C)(C)C.CCC=CC(C)(C)CC=CC(C)(C)C.CCC=CC(C)(C)CC=CC(C)(C)CC=CC(C)(C)C.